The zero-order valence-electron chi connectivity index (χ0n) is 7.74. The number of pyridine rings is 1. The smallest absolute Gasteiger partial charge is 0.225 e. The highest BCUT2D eigenvalue weighted by atomic mass is 16.3. The van der Waals surface area contributed by atoms with E-state index in [2.05, 4.69) is 24.1 Å². The zero-order chi connectivity index (χ0) is 9.26. The molecule has 2 heterocycles. The summed E-state index contributed by atoms with van der Waals surface area (Å²) >= 11 is 0. The van der Waals surface area contributed by atoms with E-state index < -0.39 is 0 Å². The number of fused-ring (bicyclic) bond motifs is 1. The Morgan fingerprint density at radius 3 is 3.15 bits per heavy atom. The van der Waals surface area contributed by atoms with Crippen molar-refractivity contribution in [1.29, 1.82) is 0 Å². The minimum Gasteiger partial charge on any atom is -0.446 e. The Morgan fingerprint density at radius 1 is 1.54 bits per heavy atom. The molecular formula is C11H11NO. The molecule has 0 N–H and O–H groups in total. The summed E-state index contributed by atoms with van der Waals surface area (Å²) in [5.74, 6) is 0. The van der Waals surface area contributed by atoms with Crippen LogP contribution in [0.25, 0.3) is 16.7 Å². The van der Waals surface area contributed by atoms with Crippen LogP contribution in [-0.4, -0.2) is 4.98 Å². The highest BCUT2D eigenvalue weighted by Crippen LogP contribution is 2.18. The molecule has 0 saturated carbocycles. The molecule has 0 bridgehead atoms. The summed E-state index contributed by atoms with van der Waals surface area (Å²) in [6.45, 7) is 4.10. The first-order valence-electron chi connectivity index (χ1n) is 4.28. The van der Waals surface area contributed by atoms with Crippen LogP contribution in [0.4, 0.5) is 0 Å². The molecule has 2 rings (SSSR count). The van der Waals surface area contributed by atoms with Gasteiger partial charge >= 0.3 is 0 Å². The van der Waals surface area contributed by atoms with Crippen LogP contribution in [0.3, 0.4) is 0 Å². The number of allylic oxidation sites excluding steroid dienone is 2. The van der Waals surface area contributed by atoms with E-state index in [4.69, 9.17) is 4.42 Å². The van der Waals surface area contributed by atoms with E-state index in [0.717, 1.165) is 10.9 Å². The van der Waals surface area contributed by atoms with Crippen molar-refractivity contribution < 1.29 is 4.42 Å². The lowest BCUT2D eigenvalue weighted by molar-refractivity contribution is 0.603. The predicted molar refractivity (Wildman–Crippen MR) is 53.3 cm³/mol. The largest absolute Gasteiger partial charge is 0.446 e. The fourth-order valence-corrected chi connectivity index (χ4v) is 1.24. The van der Waals surface area contributed by atoms with Gasteiger partial charge < -0.3 is 4.42 Å². The van der Waals surface area contributed by atoms with Gasteiger partial charge in [0.15, 0.2) is 0 Å². The van der Waals surface area contributed by atoms with Gasteiger partial charge in [-0.1, -0.05) is 6.08 Å². The average molecular weight is 173 g/mol. The Kier molecular flexibility index (Phi) is 1.89. The highest BCUT2D eigenvalue weighted by Gasteiger charge is 2.00. The molecule has 0 radical (unpaired) electrons. The molecule has 0 amide bonds. The standard InChI is InChI=1S/C11H11NO/c1-3-8(2)10-6-9-4-5-13-11(9)12-7-10/h3-7H,1-2H3/b8-3-. The van der Waals surface area contributed by atoms with Crippen molar-refractivity contribution in [2.24, 2.45) is 0 Å². The van der Waals surface area contributed by atoms with Gasteiger partial charge in [-0.25, -0.2) is 4.98 Å². The Hall–Kier alpha value is -1.57. The number of rotatable bonds is 1. The Morgan fingerprint density at radius 2 is 2.38 bits per heavy atom. The van der Waals surface area contributed by atoms with Gasteiger partial charge in [0.25, 0.3) is 0 Å². The molecule has 0 spiro atoms. The van der Waals surface area contributed by atoms with E-state index in [1.165, 1.54) is 5.57 Å². The van der Waals surface area contributed by atoms with E-state index in [0.29, 0.717) is 5.71 Å². The molecule has 0 aliphatic carbocycles. The van der Waals surface area contributed by atoms with Crippen molar-refractivity contribution in [2.75, 3.05) is 0 Å². The van der Waals surface area contributed by atoms with Gasteiger partial charge in [-0.05, 0) is 37.1 Å². The third kappa shape index (κ3) is 1.35. The van der Waals surface area contributed by atoms with Gasteiger partial charge in [0.1, 0.15) is 0 Å². The Bertz CT molecular complexity index is 454. The van der Waals surface area contributed by atoms with Crippen molar-refractivity contribution in [2.45, 2.75) is 13.8 Å². The van der Waals surface area contributed by atoms with Gasteiger partial charge in [-0.2, -0.15) is 0 Å². The molecule has 0 atom stereocenters. The number of hydrogen-bond donors (Lipinski definition) is 0. The second-order valence-electron chi connectivity index (χ2n) is 3.01. The van der Waals surface area contributed by atoms with E-state index in [9.17, 15) is 0 Å². The second-order valence-corrected chi connectivity index (χ2v) is 3.01. The molecule has 13 heavy (non-hydrogen) atoms. The van der Waals surface area contributed by atoms with Gasteiger partial charge in [0.05, 0.1) is 6.26 Å². The average Bonchev–Trinajstić information content (AvgIpc) is 2.63. The number of aromatic nitrogens is 1. The normalized spacial score (nSPS) is 12.3. The highest BCUT2D eigenvalue weighted by molar-refractivity contribution is 5.78. The van der Waals surface area contributed by atoms with Crippen molar-refractivity contribution >= 4 is 16.7 Å². The number of hydrogen-bond acceptors (Lipinski definition) is 2. The van der Waals surface area contributed by atoms with Gasteiger partial charge in [-0.3, -0.25) is 0 Å². The summed E-state index contributed by atoms with van der Waals surface area (Å²) in [4.78, 5) is 4.20. The molecule has 0 aromatic carbocycles. The molecular weight excluding hydrogens is 162 g/mol. The van der Waals surface area contributed by atoms with E-state index in [1.54, 1.807) is 6.26 Å². The third-order valence-electron chi connectivity index (χ3n) is 2.19. The Balaban J connectivity index is 2.60. The molecule has 0 aliphatic heterocycles. The van der Waals surface area contributed by atoms with Gasteiger partial charge in [0, 0.05) is 11.6 Å². The first-order chi connectivity index (χ1) is 6.31. The molecule has 0 unspecified atom stereocenters. The van der Waals surface area contributed by atoms with Crippen LogP contribution in [0.2, 0.25) is 0 Å². The topological polar surface area (TPSA) is 26.0 Å². The maximum atomic E-state index is 5.16. The van der Waals surface area contributed by atoms with Crippen LogP contribution in [-0.2, 0) is 0 Å². The monoisotopic (exact) mass is 173 g/mol. The minimum absolute atomic E-state index is 0.702. The van der Waals surface area contributed by atoms with Gasteiger partial charge in [0.2, 0.25) is 5.71 Å². The molecule has 2 aromatic rings. The summed E-state index contributed by atoms with van der Waals surface area (Å²) in [6, 6.07) is 4.01. The second kappa shape index (κ2) is 3.05. The van der Waals surface area contributed by atoms with Crippen LogP contribution < -0.4 is 0 Å². The first kappa shape index (κ1) is 8.05. The van der Waals surface area contributed by atoms with Crippen molar-refractivity contribution in [1.82, 2.24) is 4.98 Å². The number of furan rings is 1. The van der Waals surface area contributed by atoms with Crippen molar-refractivity contribution in [3.63, 3.8) is 0 Å². The molecule has 2 heteroatoms. The molecule has 0 fully saturated rings. The van der Waals surface area contributed by atoms with Crippen LogP contribution in [0.5, 0.6) is 0 Å². The molecule has 2 nitrogen and oxygen atoms in total. The fraction of sp³-hybridized carbons (Fsp3) is 0.182. The molecule has 0 aliphatic rings. The van der Waals surface area contributed by atoms with E-state index in [1.807, 2.05) is 19.2 Å². The minimum atomic E-state index is 0.702. The molecule has 0 saturated heterocycles. The summed E-state index contributed by atoms with van der Waals surface area (Å²) in [5.41, 5.74) is 3.08. The lowest BCUT2D eigenvalue weighted by atomic mass is 10.1. The third-order valence-corrected chi connectivity index (χ3v) is 2.19. The van der Waals surface area contributed by atoms with E-state index in [-0.39, 0.29) is 0 Å². The molecule has 2 aromatic heterocycles. The fourth-order valence-electron chi connectivity index (χ4n) is 1.24. The zero-order valence-corrected chi connectivity index (χ0v) is 7.74. The van der Waals surface area contributed by atoms with Crippen LogP contribution >= 0.6 is 0 Å². The van der Waals surface area contributed by atoms with Gasteiger partial charge in [-0.15, -0.1) is 0 Å². The summed E-state index contributed by atoms with van der Waals surface area (Å²) in [6.07, 6.45) is 5.57. The number of nitrogens with zero attached hydrogens (tertiary/aromatic N) is 1. The predicted octanol–water partition coefficient (Wildman–Crippen LogP) is 3.25. The first-order valence-corrected chi connectivity index (χ1v) is 4.28. The Labute approximate surface area is 76.9 Å². The quantitative estimate of drug-likeness (QED) is 0.661. The summed E-state index contributed by atoms with van der Waals surface area (Å²) in [5, 5.41) is 1.05. The van der Waals surface area contributed by atoms with Crippen molar-refractivity contribution in [3.05, 3.63) is 36.2 Å². The SMILES string of the molecule is C/C=C(/C)c1cnc2occc2c1. The lowest BCUT2D eigenvalue weighted by Crippen LogP contribution is -1.81. The maximum absolute atomic E-state index is 5.16. The van der Waals surface area contributed by atoms with Crippen molar-refractivity contribution in [3.8, 4) is 0 Å². The van der Waals surface area contributed by atoms with Crippen LogP contribution in [0, 0.1) is 0 Å². The van der Waals surface area contributed by atoms with E-state index >= 15 is 0 Å². The maximum Gasteiger partial charge on any atom is 0.225 e. The summed E-state index contributed by atoms with van der Waals surface area (Å²) in [7, 11) is 0. The lowest BCUT2D eigenvalue weighted by Gasteiger charge is -1.98. The van der Waals surface area contributed by atoms with Crippen LogP contribution in [0.1, 0.15) is 19.4 Å². The summed E-state index contributed by atoms with van der Waals surface area (Å²) < 4.78 is 5.16. The van der Waals surface area contributed by atoms with Crippen LogP contribution in [0.15, 0.2) is 35.1 Å². The molecule has 66 valence electrons.